The van der Waals surface area contributed by atoms with Crippen molar-refractivity contribution in [2.24, 2.45) is 7.05 Å². The van der Waals surface area contributed by atoms with Gasteiger partial charge in [0.2, 0.25) is 5.88 Å². The number of furan rings is 1. The molecule has 1 N–H and O–H groups in total. The Labute approximate surface area is 178 Å². The van der Waals surface area contributed by atoms with Crippen LogP contribution in [0.3, 0.4) is 0 Å². The van der Waals surface area contributed by atoms with Crippen LogP contribution < -0.4 is 10.9 Å². The Balaban J connectivity index is 1.92. The van der Waals surface area contributed by atoms with Crippen molar-refractivity contribution in [3.63, 3.8) is 0 Å². The van der Waals surface area contributed by atoms with E-state index in [0.29, 0.717) is 27.4 Å². The summed E-state index contributed by atoms with van der Waals surface area (Å²) in [5, 5.41) is 5.34. The predicted octanol–water partition coefficient (Wildman–Crippen LogP) is 6.66. The van der Waals surface area contributed by atoms with Gasteiger partial charge in [-0.3, -0.25) is 4.79 Å². The van der Waals surface area contributed by atoms with E-state index >= 15 is 0 Å². The van der Waals surface area contributed by atoms with Gasteiger partial charge in [0.25, 0.3) is 5.56 Å². The number of benzene rings is 3. The lowest BCUT2D eigenvalue weighted by Gasteiger charge is -2.10. The van der Waals surface area contributed by atoms with Gasteiger partial charge in [0.15, 0.2) is 5.58 Å². The molecule has 0 aliphatic rings. The third-order valence-electron chi connectivity index (χ3n) is 5.47. The van der Waals surface area contributed by atoms with Crippen LogP contribution in [0.5, 0.6) is 0 Å². The zero-order valence-electron chi connectivity index (χ0n) is 16.6. The molecule has 5 heteroatoms. The number of aryl methyl sites for hydroxylation is 2. The van der Waals surface area contributed by atoms with Gasteiger partial charge in [0.05, 0.1) is 16.5 Å². The van der Waals surface area contributed by atoms with Crippen molar-refractivity contribution >= 4 is 45.0 Å². The Morgan fingerprint density at radius 2 is 1.63 bits per heavy atom. The summed E-state index contributed by atoms with van der Waals surface area (Å²) in [4.78, 5) is 13.4. The SMILES string of the molecule is Cc1ccccc1Nc1oc2c(c1-c1ccccc1Cl)c(=O)n(C)c1ccccc21. The number of halogens is 1. The van der Waals surface area contributed by atoms with Gasteiger partial charge in [-0.15, -0.1) is 0 Å². The van der Waals surface area contributed by atoms with Crippen LogP contribution >= 0.6 is 11.6 Å². The molecule has 0 spiro atoms. The van der Waals surface area contributed by atoms with Gasteiger partial charge in [0, 0.05) is 28.7 Å². The van der Waals surface area contributed by atoms with Crippen molar-refractivity contribution in [1.29, 1.82) is 0 Å². The molecule has 5 rings (SSSR count). The molecule has 4 nitrogen and oxygen atoms in total. The van der Waals surface area contributed by atoms with E-state index in [-0.39, 0.29) is 5.56 Å². The number of nitrogens with zero attached hydrogens (tertiary/aromatic N) is 1. The molecule has 0 aliphatic carbocycles. The van der Waals surface area contributed by atoms with E-state index in [2.05, 4.69) is 5.32 Å². The maximum atomic E-state index is 13.4. The Morgan fingerprint density at radius 1 is 0.933 bits per heavy atom. The third kappa shape index (κ3) is 2.80. The van der Waals surface area contributed by atoms with Crippen LogP contribution in [0.2, 0.25) is 5.02 Å². The monoisotopic (exact) mass is 414 g/mol. The lowest BCUT2D eigenvalue weighted by Crippen LogP contribution is -2.17. The van der Waals surface area contributed by atoms with Gasteiger partial charge in [-0.05, 0) is 36.8 Å². The van der Waals surface area contributed by atoms with Crippen LogP contribution in [0.15, 0.2) is 82.0 Å². The van der Waals surface area contributed by atoms with Gasteiger partial charge in [-0.2, -0.15) is 0 Å². The summed E-state index contributed by atoms with van der Waals surface area (Å²) in [5.41, 5.74) is 4.65. The lowest BCUT2D eigenvalue weighted by atomic mass is 10.0. The summed E-state index contributed by atoms with van der Waals surface area (Å²) in [6.45, 7) is 2.02. The molecular formula is C25H19ClN2O2. The number of nitrogens with one attached hydrogen (secondary N) is 1. The number of pyridine rings is 1. The van der Waals surface area contributed by atoms with Gasteiger partial charge in [-0.25, -0.2) is 0 Å². The molecule has 0 saturated carbocycles. The van der Waals surface area contributed by atoms with Crippen molar-refractivity contribution in [2.75, 3.05) is 5.32 Å². The van der Waals surface area contributed by atoms with E-state index in [1.165, 1.54) is 0 Å². The fourth-order valence-corrected chi connectivity index (χ4v) is 4.13. The molecule has 148 valence electrons. The number of para-hydroxylation sites is 2. The minimum atomic E-state index is -0.125. The normalized spacial score (nSPS) is 11.3. The minimum Gasteiger partial charge on any atom is -0.439 e. The van der Waals surface area contributed by atoms with Crippen molar-refractivity contribution in [1.82, 2.24) is 4.57 Å². The van der Waals surface area contributed by atoms with Crippen molar-refractivity contribution in [2.45, 2.75) is 6.92 Å². The van der Waals surface area contributed by atoms with Gasteiger partial charge < -0.3 is 14.3 Å². The predicted molar refractivity (Wildman–Crippen MR) is 124 cm³/mol. The van der Waals surface area contributed by atoms with Crippen LogP contribution in [-0.2, 0) is 7.05 Å². The van der Waals surface area contributed by atoms with Gasteiger partial charge >= 0.3 is 0 Å². The standard InChI is InChI=1S/C25H19ClN2O2/c1-15-9-3-7-13-19(15)27-24-21(16-10-4-6-12-18(16)26)22-23(30-24)17-11-5-8-14-20(17)28(2)25(22)29/h3-14,27H,1-2H3. The number of hydrogen-bond donors (Lipinski definition) is 1. The first-order chi connectivity index (χ1) is 14.6. The van der Waals surface area contributed by atoms with E-state index in [1.54, 1.807) is 11.6 Å². The molecule has 5 aromatic rings. The number of rotatable bonds is 3. The molecule has 0 fully saturated rings. The summed E-state index contributed by atoms with van der Waals surface area (Å²) in [5.74, 6) is 0.501. The summed E-state index contributed by atoms with van der Waals surface area (Å²) in [6.07, 6.45) is 0. The Bertz CT molecular complexity index is 1480. The zero-order valence-corrected chi connectivity index (χ0v) is 17.3. The first kappa shape index (κ1) is 18.5. The average Bonchev–Trinajstić information content (AvgIpc) is 3.13. The molecular weight excluding hydrogens is 396 g/mol. The Hall–Kier alpha value is -3.50. The van der Waals surface area contributed by atoms with Crippen molar-refractivity contribution < 1.29 is 4.42 Å². The van der Waals surface area contributed by atoms with Crippen LogP contribution in [-0.4, -0.2) is 4.57 Å². The molecule has 0 amide bonds. The van der Waals surface area contributed by atoms with E-state index in [1.807, 2.05) is 79.7 Å². The second kappa shape index (κ2) is 7.08. The summed E-state index contributed by atoms with van der Waals surface area (Å²) >= 11 is 6.55. The fraction of sp³-hybridized carbons (Fsp3) is 0.0800. The molecule has 0 radical (unpaired) electrons. The second-order valence-corrected chi connectivity index (χ2v) is 7.72. The van der Waals surface area contributed by atoms with Gasteiger partial charge in [-0.1, -0.05) is 60.1 Å². The number of anilines is 2. The molecule has 2 heterocycles. The molecule has 2 aromatic heterocycles. The molecule has 0 saturated heterocycles. The maximum absolute atomic E-state index is 13.4. The molecule has 0 aliphatic heterocycles. The second-order valence-electron chi connectivity index (χ2n) is 7.31. The molecule has 3 aromatic carbocycles. The zero-order chi connectivity index (χ0) is 20.8. The van der Waals surface area contributed by atoms with Crippen molar-refractivity contribution in [3.05, 3.63) is 93.7 Å². The maximum Gasteiger partial charge on any atom is 0.262 e. The van der Waals surface area contributed by atoms with E-state index in [9.17, 15) is 4.79 Å². The number of hydrogen-bond acceptors (Lipinski definition) is 3. The first-order valence-electron chi connectivity index (χ1n) is 9.68. The molecule has 0 atom stereocenters. The van der Waals surface area contributed by atoms with Gasteiger partial charge in [0.1, 0.15) is 0 Å². The van der Waals surface area contributed by atoms with Crippen LogP contribution in [0, 0.1) is 6.92 Å². The van der Waals surface area contributed by atoms with Crippen LogP contribution in [0.1, 0.15) is 5.56 Å². The van der Waals surface area contributed by atoms with E-state index in [0.717, 1.165) is 27.7 Å². The number of fused-ring (bicyclic) bond motifs is 3. The third-order valence-corrected chi connectivity index (χ3v) is 5.80. The fourth-order valence-electron chi connectivity index (χ4n) is 3.90. The Kier molecular flexibility index (Phi) is 4.37. The summed E-state index contributed by atoms with van der Waals surface area (Å²) < 4.78 is 7.99. The molecule has 0 bridgehead atoms. The van der Waals surface area contributed by atoms with E-state index in [4.69, 9.17) is 16.0 Å². The Morgan fingerprint density at radius 3 is 2.43 bits per heavy atom. The minimum absolute atomic E-state index is 0.125. The smallest absolute Gasteiger partial charge is 0.262 e. The highest BCUT2D eigenvalue weighted by Gasteiger charge is 2.24. The van der Waals surface area contributed by atoms with E-state index < -0.39 is 0 Å². The van der Waals surface area contributed by atoms with Crippen molar-refractivity contribution in [3.8, 4) is 11.1 Å². The average molecular weight is 415 g/mol. The topological polar surface area (TPSA) is 47.2 Å². The quantitative estimate of drug-likeness (QED) is 0.359. The molecule has 0 unspecified atom stereocenters. The van der Waals surface area contributed by atoms with Crippen LogP contribution in [0.25, 0.3) is 33.0 Å². The summed E-state index contributed by atoms with van der Waals surface area (Å²) in [6, 6.07) is 23.2. The highest BCUT2D eigenvalue weighted by Crippen LogP contribution is 2.43. The first-order valence-corrected chi connectivity index (χ1v) is 10.1. The highest BCUT2D eigenvalue weighted by molar-refractivity contribution is 6.34. The highest BCUT2D eigenvalue weighted by atomic mass is 35.5. The molecule has 30 heavy (non-hydrogen) atoms. The largest absolute Gasteiger partial charge is 0.439 e. The summed E-state index contributed by atoms with van der Waals surface area (Å²) in [7, 11) is 1.78. The lowest BCUT2D eigenvalue weighted by molar-refractivity contribution is 0.637. The number of aromatic nitrogens is 1. The van der Waals surface area contributed by atoms with Crippen LogP contribution in [0.4, 0.5) is 11.6 Å².